The molecule has 0 N–H and O–H groups in total. The van der Waals surface area contributed by atoms with Gasteiger partial charge in [0.05, 0.1) is 0 Å². The van der Waals surface area contributed by atoms with E-state index in [1.807, 2.05) is 0 Å². The van der Waals surface area contributed by atoms with Crippen LogP contribution in [0.5, 0.6) is 0 Å². The standard InChI is InChI=1S/C16H34/c1-5-11-15(4)13-9-8-10-14-16(7-3)12-6-2/h15-16H,5-14H2,1-4H3. The van der Waals surface area contributed by atoms with E-state index in [0.29, 0.717) is 0 Å². The minimum atomic E-state index is 0.961. The van der Waals surface area contributed by atoms with Crippen LogP contribution in [0.4, 0.5) is 0 Å². The Bertz CT molecular complexity index is 128. The van der Waals surface area contributed by atoms with Gasteiger partial charge >= 0.3 is 0 Å². The van der Waals surface area contributed by atoms with Crippen LogP contribution in [0, 0.1) is 11.8 Å². The molecule has 16 heavy (non-hydrogen) atoms. The highest BCUT2D eigenvalue weighted by molar-refractivity contribution is 4.58. The molecule has 0 saturated heterocycles. The fourth-order valence-electron chi connectivity index (χ4n) is 2.70. The van der Waals surface area contributed by atoms with E-state index in [9.17, 15) is 0 Å². The monoisotopic (exact) mass is 226 g/mol. The second kappa shape index (κ2) is 11.5. The molecule has 2 unspecified atom stereocenters. The second-order valence-corrected chi connectivity index (χ2v) is 5.59. The van der Waals surface area contributed by atoms with Gasteiger partial charge in [0, 0.05) is 0 Å². The van der Waals surface area contributed by atoms with Crippen LogP contribution >= 0.6 is 0 Å². The van der Waals surface area contributed by atoms with Crippen LogP contribution < -0.4 is 0 Å². The lowest BCUT2D eigenvalue weighted by atomic mass is 9.92. The van der Waals surface area contributed by atoms with E-state index in [-0.39, 0.29) is 0 Å². The van der Waals surface area contributed by atoms with Crippen LogP contribution in [-0.2, 0) is 0 Å². The topological polar surface area (TPSA) is 0 Å². The van der Waals surface area contributed by atoms with E-state index in [1.165, 1.54) is 64.2 Å². The third kappa shape index (κ3) is 9.24. The molecule has 0 nitrogen and oxygen atoms in total. The zero-order valence-corrected chi connectivity index (χ0v) is 12.2. The van der Waals surface area contributed by atoms with E-state index in [4.69, 9.17) is 0 Å². The third-order valence-electron chi connectivity index (χ3n) is 3.87. The lowest BCUT2D eigenvalue weighted by Gasteiger charge is -2.14. The molecular weight excluding hydrogens is 192 g/mol. The third-order valence-corrected chi connectivity index (χ3v) is 3.87. The highest BCUT2D eigenvalue weighted by atomic mass is 14.1. The summed E-state index contributed by atoms with van der Waals surface area (Å²) in [5.74, 6) is 1.97. The summed E-state index contributed by atoms with van der Waals surface area (Å²) in [5, 5.41) is 0. The molecule has 0 aromatic carbocycles. The molecule has 0 spiro atoms. The Labute approximate surface area is 104 Å². The van der Waals surface area contributed by atoms with E-state index in [0.717, 1.165) is 11.8 Å². The van der Waals surface area contributed by atoms with Gasteiger partial charge in [-0.15, -0.1) is 0 Å². The molecule has 98 valence electrons. The molecule has 0 aliphatic carbocycles. The molecule has 0 fully saturated rings. The van der Waals surface area contributed by atoms with Gasteiger partial charge in [-0.1, -0.05) is 91.9 Å². The lowest BCUT2D eigenvalue weighted by Crippen LogP contribution is -1.99. The van der Waals surface area contributed by atoms with Crippen LogP contribution in [0.3, 0.4) is 0 Å². The Balaban J connectivity index is 3.31. The molecule has 0 aliphatic rings. The van der Waals surface area contributed by atoms with Crippen LogP contribution in [0.2, 0.25) is 0 Å². The summed E-state index contributed by atoms with van der Waals surface area (Å²) in [5.41, 5.74) is 0. The minimum Gasteiger partial charge on any atom is -0.0654 e. The first-order valence-corrected chi connectivity index (χ1v) is 7.74. The van der Waals surface area contributed by atoms with Crippen LogP contribution in [0.25, 0.3) is 0 Å². The van der Waals surface area contributed by atoms with E-state index >= 15 is 0 Å². The molecule has 0 bridgehead atoms. The van der Waals surface area contributed by atoms with Gasteiger partial charge in [0.2, 0.25) is 0 Å². The maximum atomic E-state index is 2.41. The Kier molecular flexibility index (Phi) is 11.5. The van der Waals surface area contributed by atoms with Gasteiger partial charge in [-0.25, -0.2) is 0 Å². The first kappa shape index (κ1) is 16.0. The number of rotatable bonds is 11. The summed E-state index contributed by atoms with van der Waals surface area (Å²) in [4.78, 5) is 0. The van der Waals surface area contributed by atoms with Crippen molar-refractivity contribution in [2.24, 2.45) is 11.8 Å². The van der Waals surface area contributed by atoms with Crippen LogP contribution in [0.15, 0.2) is 0 Å². The fourth-order valence-corrected chi connectivity index (χ4v) is 2.70. The highest BCUT2D eigenvalue weighted by Gasteiger charge is 2.05. The van der Waals surface area contributed by atoms with Crippen molar-refractivity contribution >= 4 is 0 Å². The van der Waals surface area contributed by atoms with Gasteiger partial charge in [0.1, 0.15) is 0 Å². The largest absolute Gasteiger partial charge is 0.0654 e. The van der Waals surface area contributed by atoms with E-state index < -0.39 is 0 Å². The maximum Gasteiger partial charge on any atom is -0.0417 e. The zero-order valence-electron chi connectivity index (χ0n) is 12.2. The quantitative estimate of drug-likeness (QED) is 0.368. The lowest BCUT2D eigenvalue weighted by molar-refractivity contribution is 0.396. The number of unbranched alkanes of at least 4 members (excludes halogenated alkanes) is 2. The summed E-state index contributed by atoms with van der Waals surface area (Å²) >= 11 is 0. The number of hydrogen-bond acceptors (Lipinski definition) is 0. The van der Waals surface area contributed by atoms with Crippen molar-refractivity contribution < 1.29 is 0 Å². The second-order valence-electron chi connectivity index (χ2n) is 5.59. The molecule has 0 aromatic rings. The molecule has 2 atom stereocenters. The molecule has 0 amide bonds. The van der Waals surface area contributed by atoms with Crippen LogP contribution in [-0.4, -0.2) is 0 Å². The Morgan fingerprint density at radius 1 is 0.688 bits per heavy atom. The van der Waals surface area contributed by atoms with E-state index in [2.05, 4.69) is 27.7 Å². The Morgan fingerprint density at radius 3 is 1.88 bits per heavy atom. The number of hydrogen-bond donors (Lipinski definition) is 0. The van der Waals surface area contributed by atoms with Gasteiger partial charge in [-0.05, 0) is 11.8 Å². The van der Waals surface area contributed by atoms with Crippen molar-refractivity contribution in [3.63, 3.8) is 0 Å². The van der Waals surface area contributed by atoms with Gasteiger partial charge in [0.15, 0.2) is 0 Å². The predicted molar refractivity (Wildman–Crippen MR) is 75.8 cm³/mol. The normalized spacial score (nSPS) is 15.0. The van der Waals surface area contributed by atoms with Gasteiger partial charge < -0.3 is 0 Å². The van der Waals surface area contributed by atoms with Crippen LogP contribution in [0.1, 0.15) is 91.9 Å². The molecule has 0 radical (unpaired) electrons. The first-order valence-electron chi connectivity index (χ1n) is 7.74. The summed E-state index contributed by atoms with van der Waals surface area (Å²) < 4.78 is 0. The molecule has 0 aromatic heterocycles. The van der Waals surface area contributed by atoms with E-state index in [1.54, 1.807) is 0 Å². The molecule has 0 heteroatoms. The zero-order chi connectivity index (χ0) is 12.2. The molecule has 0 rings (SSSR count). The molecular formula is C16H34. The Morgan fingerprint density at radius 2 is 1.31 bits per heavy atom. The molecule has 0 aliphatic heterocycles. The van der Waals surface area contributed by atoms with Crippen molar-refractivity contribution in [1.82, 2.24) is 0 Å². The maximum absolute atomic E-state index is 2.41. The SMILES string of the molecule is CCCC(C)CCCCCC(CC)CCC. The summed E-state index contributed by atoms with van der Waals surface area (Å²) in [6.45, 7) is 9.38. The van der Waals surface area contributed by atoms with Crippen molar-refractivity contribution in [3.05, 3.63) is 0 Å². The summed E-state index contributed by atoms with van der Waals surface area (Å²) in [7, 11) is 0. The van der Waals surface area contributed by atoms with Gasteiger partial charge in [-0.2, -0.15) is 0 Å². The van der Waals surface area contributed by atoms with Crippen molar-refractivity contribution in [2.45, 2.75) is 91.9 Å². The fraction of sp³-hybridized carbons (Fsp3) is 1.00. The van der Waals surface area contributed by atoms with Gasteiger partial charge in [0.25, 0.3) is 0 Å². The molecule has 0 saturated carbocycles. The van der Waals surface area contributed by atoms with Crippen molar-refractivity contribution in [1.29, 1.82) is 0 Å². The average Bonchev–Trinajstić information content (AvgIpc) is 2.27. The van der Waals surface area contributed by atoms with Crippen molar-refractivity contribution in [3.8, 4) is 0 Å². The predicted octanol–water partition coefficient (Wildman–Crippen LogP) is 6.20. The highest BCUT2D eigenvalue weighted by Crippen LogP contribution is 2.20. The smallest absolute Gasteiger partial charge is 0.0417 e. The van der Waals surface area contributed by atoms with Crippen molar-refractivity contribution in [2.75, 3.05) is 0 Å². The average molecular weight is 226 g/mol. The Hall–Kier alpha value is 0. The summed E-state index contributed by atoms with van der Waals surface area (Å²) in [6, 6.07) is 0. The molecule has 0 heterocycles. The summed E-state index contributed by atoms with van der Waals surface area (Å²) in [6.07, 6.45) is 14.3. The minimum absolute atomic E-state index is 0.961. The van der Waals surface area contributed by atoms with Gasteiger partial charge in [-0.3, -0.25) is 0 Å². The first-order chi connectivity index (χ1) is 7.74.